The maximum atomic E-state index is 15.5. The SMILES string of the molecule is CC(C)Oc1c(-c2cn[nH]c2)ncn2nc(Nc3ccc(S(=O)(=O)N(C)CCCN4CC5CC4CN5c4ccc5c(c4)n(C)c(=O)n5C4CCC(=O)NC4=O)cc3F)nc12. The highest BCUT2D eigenvalue weighted by atomic mass is 32.2. The highest BCUT2D eigenvalue weighted by Crippen LogP contribution is 2.37. The van der Waals surface area contributed by atoms with Crippen molar-refractivity contribution in [1.29, 1.82) is 0 Å². The van der Waals surface area contributed by atoms with E-state index >= 15 is 4.39 Å². The number of nitrogens with zero attached hydrogens (tertiary/aromatic N) is 10. The Hall–Kier alpha value is -6.19. The Labute approximate surface area is 343 Å². The molecule has 0 aliphatic carbocycles. The lowest BCUT2D eigenvalue weighted by Crippen LogP contribution is -2.47. The Kier molecular flexibility index (Phi) is 9.90. The number of halogens is 1. The number of ether oxygens (including phenoxy) is 1. The van der Waals surface area contributed by atoms with Crippen molar-refractivity contribution in [2.45, 2.75) is 68.7 Å². The highest BCUT2D eigenvalue weighted by molar-refractivity contribution is 7.89. The molecule has 3 aliphatic heterocycles. The number of hydrogen-bond donors (Lipinski definition) is 3. The second-order valence-corrected chi connectivity index (χ2v) is 17.8. The number of imidazole rings is 1. The molecule has 19 nitrogen and oxygen atoms in total. The number of anilines is 3. The predicted octanol–water partition coefficient (Wildman–Crippen LogP) is 2.79. The lowest BCUT2D eigenvalue weighted by Gasteiger charge is -2.36. The minimum atomic E-state index is -3.99. The summed E-state index contributed by atoms with van der Waals surface area (Å²) in [6.07, 6.45) is 6.56. The van der Waals surface area contributed by atoms with Gasteiger partial charge < -0.3 is 15.0 Å². The van der Waals surface area contributed by atoms with Crippen LogP contribution in [0.15, 0.2) is 64.8 Å². The summed E-state index contributed by atoms with van der Waals surface area (Å²) in [4.78, 5) is 51.1. The number of aromatic amines is 1. The third-order valence-corrected chi connectivity index (χ3v) is 13.4. The number of amides is 2. The minimum absolute atomic E-state index is 0.00502. The molecule has 7 heterocycles. The topological polar surface area (TPSA) is 210 Å². The van der Waals surface area contributed by atoms with Crippen LogP contribution in [0, 0.1) is 5.82 Å². The van der Waals surface area contributed by atoms with Gasteiger partial charge in [0.15, 0.2) is 5.75 Å². The van der Waals surface area contributed by atoms with Crippen LogP contribution in [0.3, 0.4) is 0 Å². The van der Waals surface area contributed by atoms with Gasteiger partial charge in [-0.3, -0.25) is 34.0 Å². The summed E-state index contributed by atoms with van der Waals surface area (Å²) < 4.78 is 54.3. The van der Waals surface area contributed by atoms with Crippen LogP contribution < -0.4 is 26.0 Å². The number of fused-ring (bicyclic) bond motifs is 4. The molecule has 4 aromatic heterocycles. The van der Waals surface area contributed by atoms with E-state index in [1.807, 2.05) is 32.0 Å². The number of aryl methyl sites for hydroxylation is 1. The molecule has 6 aromatic rings. The number of rotatable bonds is 13. The van der Waals surface area contributed by atoms with Gasteiger partial charge in [-0.05, 0) is 76.1 Å². The van der Waals surface area contributed by atoms with Gasteiger partial charge in [0.05, 0.1) is 33.9 Å². The summed E-state index contributed by atoms with van der Waals surface area (Å²) in [5.41, 5.74) is 3.59. The Morgan fingerprint density at radius 2 is 1.92 bits per heavy atom. The number of likely N-dealkylation sites (tertiary alicyclic amines) is 1. The molecule has 9 rings (SSSR count). The number of imide groups is 1. The van der Waals surface area contributed by atoms with E-state index in [-0.39, 0.29) is 65.7 Å². The van der Waals surface area contributed by atoms with Crippen LogP contribution in [0.25, 0.3) is 27.9 Å². The molecule has 3 aliphatic rings. The highest BCUT2D eigenvalue weighted by Gasteiger charge is 2.43. The molecule has 0 saturated carbocycles. The fraction of sp³-hybridized carbons (Fsp3) is 0.410. The molecule has 21 heteroatoms. The van der Waals surface area contributed by atoms with E-state index in [0.29, 0.717) is 46.7 Å². The molecule has 60 heavy (non-hydrogen) atoms. The van der Waals surface area contributed by atoms with Gasteiger partial charge in [-0.25, -0.2) is 26.9 Å². The first-order chi connectivity index (χ1) is 28.8. The van der Waals surface area contributed by atoms with E-state index in [0.717, 1.165) is 31.3 Å². The Bertz CT molecular complexity index is 2820. The third-order valence-electron chi connectivity index (χ3n) is 11.6. The van der Waals surface area contributed by atoms with E-state index in [9.17, 15) is 22.8 Å². The van der Waals surface area contributed by atoms with Crippen molar-refractivity contribution in [3.8, 4) is 17.0 Å². The van der Waals surface area contributed by atoms with Gasteiger partial charge in [0.25, 0.3) is 0 Å². The molecule has 3 unspecified atom stereocenters. The summed E-state index contributed by atoms with van der Waals surface area (Å²) >= 11 is 0. The normalized spacial score (nSPS) is 19.7. The largest absolute Gasteiger partial charge is 0.485 e. The average molecular weight is 842 g/mol. The molecule has 3 N–H and O–H groups in total. The van der Waals surface area contributed by atoms with Crippen LogP contribution in [0.2, 0.25) is 0 Å². The molecule has 314 valence electrons. The summed E-state index contributed by atoms with van der Waals surface area (Å²) in [5, 5.41) is 16.3. The predicted molar refractivity (Wildman–Crippen MR) is 218 cm³/mol. The minimum Gasteiger partial charge on any atom is -0.485 e. The number of carbonyl (C=O) groups excluding carboxylic acids is 2. The van der Waals surface area contributed by atoms with Crippen LogP contribution in [0.5, 0.6) is 5.75 Å². The second kappa shape index (κ2) is 15.1. The van der Waals surface area contributed by atoms with Crippen LogP contribution in [0.1, 0.15) is 45.6 Å². The van der Waals surface area contributed by atoms with Gasteiger partial charge in [0.2, 0.25) is 33.4 Å². The van der Waals surface area contributed by atoms with E-state index in [4.69, 9.17) is 4.74 Å². The molecular weight excluding hydrogens is 798 g/mol. The molecule has 3 fully saturated rings. The van der Waals surface area contributed by atoms with E-state index in [1.54, 1.807) is 24.0 Å². The Morgan fingerprint density at radius 3 is 2.63 bits per heavy atom. The van der Waals surface area contributed by atoms with Gasteiger partial charge in [0.1, 0.15) is 23.9 Å². The lowest BCUT2D eigenvalue weighted by atomic mass is 10.1. The third kappa shape index (κ3) is 6.94. The van der Waals surface area contributed by atoms with Crippen molar-refractivity contribution in [3.63, 3.8) is 0 Å². The van der Waals surface area contributed by atoms with Crippen LogP contribution in [-0.4, -0.2) is 120 Å². The number of H-pyrrole nitrogens is 1. The van der Waals surface area contributed by atoms with E-state index in [2.05, 4.69) is 45.7 Å². The molecule has 2 aromatic carbocycles. The molecular formula is C39H44FN13O6S. The zero-order valence-electron chi connectivity index (χ0n) is 33.4. The summed E-state index contributed by atoms with van der Waals surface area (Å²) in [7, 11) is -0.809. The van der Waals surface area contributed by atoms with E-state index in [1.165, 1.54) is 38.9 Å². The van der Waals surface area contributed by atoms with Crippen molar-refractivity contribution in [2.75, 3.05) is 43.4 Å². The molecule has 3 saturated heterocycles. The zero-order chi connectivity index (χ0) is 42.0. The smallest absolute Gasteiger partial charge is 0.329 e. The molecule has 3 atom stereocenters. The second-order valence-electron chi connectivity index (χ2n) is 15.8. The fourth-order valence-corrected chi connectivity index (χ4v) is 9.81. The Balaban J connectivity index is 0.812. The maximum absolute atomic E-state index is 15.5. The van der Waals surface area contributed by atoms with Crippen molar-refractivity contribution >= 4 is 55.8 Å². The van der Waals surface area contributed by atoms with Crippen LogP contribution >= 0.6 is 0 Å². The molecule has 0 radical (unpaired) electrons. The van der Waals surface area contributed by atoms with Gasteiger partial charge in [0, 0.05) is 69.7 Å². The van der Waals surface area contributed by atoms with Crippen molar-refractivity contribution in [3.05, 3.63) is 71.4 Å². The first kappa shape index (κ1) is 39.3. The first-order valence-electron chi connectivity index (χ1n) is 19.8. The lowest BCUT2D eigenvalue weighted by molar-refractivity contribution is -0.135. The molecule has 2 amide bonds. The number of nitrogens with one attached hydrogen (secondary N) is 3. The number of benzene rings is 2. The van der Waals surface area contributed by atoms with Crippen LogP contribution in [-0.2, 0) is 26.7 Å². The number of sulfonamides is 1. The number of piperidine rings is 1. The van der Waals surface area contributed by atoms with Gasteiger partial charge in [-0.15, -0.1) is 5.10 Å². The van der Waals surface area contributed by atoms with Gasteiger partial charge in [-0.2, -0.15) is 14.6 Å². The summed E-state index contributed by atoms with van der Waals surface area (Å²) in [6.45, 7) is 6.28. The number of aromatic nitrogens is 8. The number of carbonyl (C=O) groups is 2. The van der Waals surface area contributed by atoms with Crippen LogP contribution in [0.4, 0.5) is 21.7 Å². The number of hydrogen-bond acceptors (Lipinski definition) is 13. The maximum Gasteiger partial charge on any atom is 0.329 e. The van der Waals surface area contributed by atoms with Gasteiger partial charge >= 0.3 is 5.69 Å². The van der Waals surface area contributed by atoms with Crippen molar-refractivity contribution in [1.82, 2.24) is 53.4 Å². The monoisotopic (exact) mass is 841 g/mol. The van der Waals surface area contributed by atoms with Crippen molar-refractivity contribution in [2.24, 2.45) is 7.05 Å². The molecule has 2 bridgehead atoms. The Morgan fingerprint density at radius 1 is 1.08 bits per heavy atom. The van der Waals surface area contributed by atoms with E-state index < -0.39 is 27.8 Å². The molecule has 0 spiro atoms. The van der Waals surface area contributed by atoms with Crippen molar-refractivity contribution < 1.29 is 27.1 Å². The fourth-order valence-electron chi connectivity index (χ4n) is 8.59. The zero-order valence-corrected chi connectivity index (χ0v) is 34.2. The van der Waals surface area contributed by atoms with Gasteiger partial charge in [-0.1, -0.05) is 0 Å². The first-order valence-corrected chi connectivity index (χ1v) is 21.2. The standard InChI is InChI=1S/C39H44FN13O6S/c1-22(2)59-35-34(23-17-42-43-18-23)41-21-52-36(35)46-38(47-52)44-29-8-7-27(16-28(29)40)60(57,58)48(3)12-5-13-50-19-26-14-25(50)20-51(26)24-6-9-30-32(15-24)49(4)39(56)53(30)31-10-11-33(54)45-37(31)55/h6-9,15-18,21-22,25-26,31H,5,10-14,19-20H2,1-4H3,(H,42,43)(H,44,47)(H,45,54,55). The quantitative estimate of drug-likeness (QED) is 0.143. The number of piperazine rings is 1. The average Bonchev–Trinajstić information content (AvgIpc) is 4.07. The summed E-state index contributed by atoms with van der Waals surface area (Å²) in [5.74, 6) is -1.14. The summed E-state index contributed by atoms with van der Waals surface area (Å²) in [6, 6.07) is 9.32.